The SMILES string of the molecule is COc1ccc(C(=O)N(C2CC2)C(C)c2ccco2)cc1Br. The molecule has 1 aliphatic rings. The van der Waals surface area contributed by atoms with Crippen molar-refractivity contribution >= 4 is 21.8 Å². The Bertz CT molecular complexity index is 665. The van der Waals surface area contributed by atoms with Gasteiger partial charge in [-0.2, -0.15) is 0 Å². The maximum absolute atomic E-state index is 12.9. The first-order valence-electron chi connectivity index (χ1n) is 7.31. The Morgan fingerprint density at radius 3 is 2.73 bits per heavy atom. The van der Waals surface area contributed by atoms with Crippen LogP contribution in [-0.2, 0) is 0 Å². The fourth-order valence-electron chi connectivity index (χ4n) is 2.63. The lowest BCUT2D eigenvalue weighted by atomic mass is 10.1. The molecule has 3 rings (SSSR count). The number of hydrogen-bond acceptors (Lipinski definition) is 3. The molecule has 0 bridgehead atoms. The second-order valence-electron chi connectivity index (χ2n) is 5.48. The van der Waals surface area contributed by atoms with E-state index in [1.165, 1.54) is 0 Å². The van der Waals surface area contributed by atoms with Crippen LogP contribution in [0.1, 0.15) is 41.9 Å². The monoisotopic (exact) mass is 363 g/mol. The van der Waals surface area contributed by atoms with Crippen LogP contribution >= 0.6 is 15.9 Å². The van der Waals surface area contributed by atoms with Gasteiger partial charge in [0.15, 0.2) is 0 Å². The summed E-state index contributed by atoms with van der Waals surface area (Å²) in [5.74, 6) is 1.55. The third-order valence-electron chi connectivity index (χ3n) is 3.95. The molecule has 2 aromatic rings. The summed E-state index contributed by atoms with van der Waals surface area (Å²) in [6.07, 6.45) is 3.74. The number of hydrogen-bond donors (Lipinski definition) is 0. The molecule has 22 heavy (non-hydrogen) atoms. The Kier molecular flexibility index (Phi) is 4.25. The molecule has 0 spiro atoms. The van der Waals surface area contributed by atoms with Gasteiger partial charge in [-0.1, -0.05) is 0 Å². The van der Waals surface area contributed by atoms with Crippen molar-refractivity contribution in [3.63, 3.8) is 0 Å². The number of halogens is 1. The molecule has 0 saturated heterocycles. The molecule has 4 nitrogen and oxygen atoms in total. The van der Waals surface area contributed by atoms with E-state index in [1.54, 1.807) is 25.5 Å². The molecule has 1 aromatic carbocycles. The fraction of sp³-hybridized carbons (Fsp3) is 0.353. The van der Waals surface area contributed by atoms with E-state index < -0.39 is 0 Å². The number of ether oxygens (including phenoxy) is 1. The van der Waals surface area contributed by atoms with Gasteiger partial charge in [0.25, 0.3) is 5.91 Å². The van der Waals surface area contributed by atoms with Crippen LogP contribution in [0.2, 0.25) is 0 Å². The number of rotatable bonds is 5. The molecule has 1 aliphatic carbocycles. The molecule has 0 N–H and O–H groups in total. The average Bonchev–Trinajstić information content (AvgIpc) is 3.19. The minimum atomic E-state index is -0.0733. The molecule has 0 radical (unpaired) electrons. The van der Waals surface area contributed by atoms with E-state index in [4.69, 9.17) is 9.15 Å². The largest absolute Gasteiger partial charge is 0.496 e. The van der Waals surface area contributed by atoms with Crippen molar-refractivity contribution < 1.29 is 13.9 Å². The molecule has 1 unspecified atom stereocenters. The normalized spacial score (nSPS) is 15.4. The zero-order chi connectivity index (χ0) is 15.7. The Hall–Kier alpha value is -1.75. The number of carbonyl (C=O) groups excluding carboxylic acids is 1. The number of carbonyl (C=O) groups is 1. The van der Waals surface area contributed by atoms with E-state index in [-0.39, 0.29) is 11.9 Å². The molecule has 1 amide bonds. The maximum atomic E-state index is 12.9. The van der Waals surface area contributed by atoms with Crippen molar-refractivity contribution in [2.75, 3.05) is 7.11 Å². The van der Waals surface area contributed by atoms with Crippen molar-refractivity contribution in [1.29, 1.82) is 0 Å². The van der Waals surface area contributed by atoms with Crippen LogP contribution in [0.5, 0.6) is 5.75 Å². The molecule has 116 valence electrons. The summed E-state index contributed by atoms with van der Waals surface area (Å²) < 4.78 is 11.5. The highest BCUT2D eigenvalue weighted by Gasteiger charge is 2.37. The number of nitrogens with zero attached hydrogens (tertiary/aromatic N) is 1. The number of methoxy groups -OCH3 is 1. The maximum Gasteiger partial charge on any atom is 0.254 e. The van der Waals surface area contributed by atoms with E-state index in [0.717, 1.165) is 23.1 Å². The van der Waals surface area contributed by atoms with Gasteiger partial charge in [0, 0.05) is 11.6 Å². The van der Waals surface area contributed by atoms with Gasteiger partial charge in [-0.05, 0) is 66.0 Å². The lowest BCUT2D eigenvalue weighted by molar-refractivity contribution is 0.0652. The van der Waals surface area contributed by atoms with Gasteiger partial charge in [-0.25, -0.2) is 0 Å². The smallest absolute Gasteiger partial charge is 0.254 e. The van der Waals surface area contributed by atoms with Gasteiger partial charge in [-0.15, -0.1) is 0 Å². The standard InChI is InChI=1S/C17H18BrNO3/c1-11(15-4-3-9-22-15)19(13-6-7-13)17(20)12-5-8-16(21-2)14(18)10-12/h3-5,8-11,13H,6-7H2,1-2H3. The fourth-order valence-corrected chi connectivity index (χ4v) is 3.17. The van der Waals surface area contributed by atoms with Crippen LogP contribution in [0.4, 0.5) is 0 Å². The van der Waals surface area contributed by atoms with Gasteiger partial charge < -0.3 is 14.1 Å². The van der Waals surface area contributed by atoms with Crippen LogP contribution in [0.15, 0.2) is 45.5 Å². The van der Waals surface area contributed by atoms with Crippen molar-refractivity contribution in [2.24, 2.45) is 0 Å². The van der Waals surface area contributed by atoms with E-state index in [2.05, 4.69) is 15.9 Å². The first kappa shape index (κ1) is 15.2. The third kappa shape index (κ3) is 2.90. The molecule has 1 saturated carbocycles. The van der Waals surface area contributed by atoms with Crippen LogP contribution < -0.4 is 4.74 Å². The van der Waals surface area contributed by atoms with E-state index >= 15 is 0 Å². The van der Waals surface area contributed by atoms with Gasteiger partial charge in [-0.3, -0.25) is 4.79 Å². The highest BCUT2D eigenvalue weighted by molar-refractivity contribution is 9.10. The molecule has 1 aromatic heterocycles. The summed E-state index contributed by atoms with van der Waals surface area (Å²) in [6.45, 7) is 2.01. The molecule has 1 heterocycles. The predicted octanol–water partition coefficient (Wildman–Crippen LogP) is 4.42. The van der Waals surface area contributed by atoms with E-state index in [1.807, 2.05) is 30.0 Å². The highest BCUT2D eigenvalue weighted by atomic mass is 79.9. The molecular weight excluding hydrogens is 346 g/mol. The second-order valence-corrected chi connectivity index (χ2v) is 6.34. The van der Waals surface area contributed by atoms with Crippen molar-refractivity contribution in [3.05, 3.63) is 52.4 Å². The molecule has 0 aliphatic heterocycles. The lowest BCUT2D eigenvalue weighted by Gasteiger charge is -2.28. The average molecular weight is 364 g/mol. The van der Waals surface area contributed by atoms with Crippen LogP contribution in [0.25, 0.3) is 0 Å². The van der Waals surface area contributed by atoms with Crippen molar-refractivity contribution in [3.8, 4) is 5.75 Å². The first-order chi connectivity index (χ1) is 10.6. The summed E-state index contributed by atoms with van der Waals surface area (Å²) in [6, 6.07) is 9.41. The minimum absolute atomic E-state index is 0.0229. The number of benzene rings is 1. The topological polar surface area (TPSA) is 42.7 Å². The minimum Gasteiger partial charge on any atom is -0.496 e. The molecular formula is C17H18BrNO3. The third-order valence-corrected chi connectivity index (χ3v) is 4.57. The zero-order valence-corrected chi connectivity index (χ0v) is 14.2. The number of furan rings is 1. The zero-order valence-electron chi connectivity index (χ0n) is 12.6. The van der Waals surface area contributed by atoms with Crippen LogP contribution in [0, 0.1) is 0 Å². The van der Waals surface area contributed by atoms with Gasteiger partial charge in [0.2, 0.25) is 0 Å². The Morgan fingerprint density at radius 1 is 1.41 bits per heavy atom. The highest BCUT2D eigenvalue weighted by Crippen LogP contribution is 2.36. The summed E-state index contributed by atoms with van der Waals surface area (Å²) in [7, 11) is 1.61. The Labute approximate surface area is 138 Å². The van der Waals surface area contributed by atoms with Gasteiger partial charge >= 0.3 is 0 Å². The first-order valence-corrected chi connectivity index (χ1v) is 8.10. The van der Waals surface area contributed by atoms with Crippen molar-refractivity contribution in [1.82, 2.24) is 4.90 Å². The van der Waals surface area contributed by atoms with Crippen LogP contribution in [-0.4, -0.2) is 24.0 Å². The lowest BCUT2D eigenvalue weighted by Crippen LogP contribution is -2.35. The quantitative estimate of drug-likeness (QED) is 0.789. The van der Waals surface area contributed by atoms with E-state index in [9.17, 15) is 4.79 Å². The van der Waals surface area contributed by atoms with Crippen LogP contribution in [0.3, 0.4) is 0 Å². The van der Waals surface area contributed by atoms with Gasteiger partial charge in [0.1, 0.15) is 11.5 Å². The second kappa shape index (κ2) is 6.16. The molecule has 1 atom stereocenters. The summed E-state index contributed by atoms with van der Waals surface area (Å²) in [5.41, 5.74) is 0.651. The molecule has 5 heteroatoms. The Balaban J connectivity index is 1.88. The number of amides is 1. The van der Waals surface area contributed by atoms with Gasteiger partial charge in [0.05, 0.1) is 23.9 Å². The van der Waals surface area contributed by atoms with E-state index in [0.29, 0.717) is 17.4 Å². The van der Waals surface area contributed by atoms with Crippen molar-refractivity contribution in [2.45, 2.75) is 31.8 Å². The Morgan fingerprint density at radius 2 is 2.18 bits per heavy atom. The molecule has 1 fully saturated rings. The summed E-state index contributed by atoms with van der Waals surface area (Å²) in [4.78, 5) is 14.9. The summed E-state index contributed by atoms with van der Waals surface area (Å²) >= 11 is 3.44. The summed E-state index contributed by atoms with van der Waals surface area (Å²) in [5, 5.41) is 0. The predicted molar refractivity (Wildman–Crippen MR) is 87.0 cm³/mol.